The van der Waals surface area contributed by atoms with Gasteiger partial charge in [0.05, 0.1) is 12.8 Å². The van der Waals surface area contributed by atoms with Crippen molar-refractivity contribution in [2.45, 2.75) is 33.8 Å². The van der Waals surface area contributed by atoms with Crippen molar-refractivity contribution in [3.05, 3.63) is 58.2 Å². The standard InChI is InChI=1S/C21H22FNO5/c1-11-19(13(3)24)12(2)23-20(11)21(26)14(4)28-18(25)9-7-15-6-8-17(27-5)16(22)10-15/h6-10,14,23H,1-5H3/b9-7+/t14-/m0/s1. The molecule has 6 nitrogen and oxygen atoms in total. The maximum Gasteiger partial charge on any atom is 0.331 e. The first-order chi connectivity index (χ1) is 13.1. The van der Waals surface area contributed by atoms with Gasteiger partial charge in [-0.25, -0.2) is 9.18 Å². The summed E-state index contributed by atoms with van der Waals surface area (Å²) in [6, 6.07) is 4.23. The minimum atomic E-state index is -1.05. The minimum absolute atomic E-state index is 0.0977. The number of rotatable bonds is 7. The van der Waals surface area contributed by atoms with Crippen LogP contribution < -0.4 is 4.74 Å². The lowest BCUT2D eigenvalue weighted by Gasteiger charge is -2.10. The van der Waals surface area contributed by atoms with Crippen molar-refractivity contribution in [2.75, 3.05) is 7.11 Å². The number of hydrogen-bond acceptors (Lipinski definition) is 5. The zero-order valence-electron chi connectivity index (χ0n) is 16.4. The summed E-state index contributed by atoms with van der Waals surface area (Å²) in [5.74, 6) is -1.79. The van der Waals surface area contributed by atoms with E-state index < -0.39 is 23.7 Å². The lowest BCUT2D eigenvalue weighted by atomic mass is 10.0. The number of aromatic amines is 1. The number of methoxy groups -OCH3 is 1. The molecular weight excluding hydrogens is 365 g/mol. The number of esters is 1. The largest absolute Gasteiger partial charge is 0.494 e. The molecule has 1 aromatic carbocycles. The van der Waals surface area contributed by atoms with Crippen molar-refractivity contribution >= 4 is 23.6 Å². The summed E-state index contributed by atoms with van der Waals surface area (Å²) < 4.78 is 23.6. The Labute approximate surface area is 162 Å². The van der Waals surface area contributed by atoms with Crippen molar-refractivity contribution in [1.29, 1.82) is 0 Å². The van der Waals surface area contributed by atoms with Crippen LogP contribution >= 0.6 is 0 Å². The van der Waals surface area contributed by atoms with Crippen molar-refractivity contribution in [2.24, 2.45) is 0 Å². The second kappa shape index (κ2) is 8.65. The molecule has 28 heavy (non-hydrogen) atoms. The van der Waals surface area contributed by atoms with Crippen molar-refractivity contribution in [3.63, 3.8) is 0 Å². The van der Waals surface area contributed by atoms with E-state index in [-0.39, 0.29) is 17.2 Å². The van der Waals surface area contributed by atoms with Gasteiger partial charge < -0.3 is 14.5 Å². The second-order valence-electron chi connectivity index (χ2n) is 6.35. The maximum atomic E-state index is 13.7. The van der Waals surface area contributed by atoms with E-state index in [4.69, 9.17) is 9.47 Å². The molecule has 0 spiro atoms. The average Bonchev–Trinajstić information content (AvgIpc) is 2.93. The van der Waals surface area contributed by atoms with E-state index in [2.05, 4.69) is 4.98 Å². The number of ketones is 2. The number of aryl methyl sites for hydroxylation is 1. The van der Waals surface area contributed by atoms with E-state index in [0.717, 1.165) is 6.08 Å². The van der Waals surface area contributed by atoms with E-state index in [1.165, 1.54) is 39.2 Å². The average molecular weight is 387 g/mol. The number of hydrogen-bond donors (Lipinski definition) is 1. The summed E-state index contributed by atoms with van der Waals surface area (Å²) in [6.45, 7) is 6.24. The predicted molar refractivity (Wildman–Crippen MR) is 102 cm³/mol. The Morgan fingerprint density at radius 3 is 2.43 bits per heavy atom. The molecule has 0 aliphatic rings. The Kier molecular flexibility index (Phi) is 6.51. The van der Waals surface area contributed by atoms with Gasteiger partial charge in [-0.3, -0.25) is 9.59 Å². The highest BCUT2D eigenvalue weighted by Gasteiger charge is 2.25. The highest BCUT2D eigenvalue weighted by atomic mass is 19.1. The lowest BCUT2D eigenvalue weighted by molar-refractivity contribution is -0.140. The molecule has 1 atom stereocenters. The summed E-state index contributed by atoms with van der Waals surface area (Å²) in [5.41, 5.74) is 2.26. The summed E-state index contributed by atoms with van der Waals surface area (Å²) in [4.78, 5) is 39.1. The molecule has 2 aromatic rings. The first-order valence-corrected chi connectivity index (χ1v) is 8.62. The second-order valence-corrected chi connectivity index (χ2v) is 6.35. The molecule has 7 heteroatoms. The number of carbonyl (C=O) groups is 3. The molecule has 0 saturated carbocycles. The Hall–Kier alpha value is -3.22. The third kappa shape index (κ3) is 4.54. The van der Waals surface area contributed by atoms with Crippen LogP contribution in [0.2, 0.25) is 0 Å². The zero-order valence-corrected chi connectivity index (χ0v) is 16.4. The number of ether oxygens (including phenoxy) is 2. The van der Waals surface area contributed by atoms with Crippen LogP contribution in [0.15, 0.2) is 24.3 Å². The van der Waals surface area contributed by atoms with Crippen molar-refractivity contribution in [3.8, 4) is 5.75 Å². The number of benzene rings is 1. The third-order valence-electron chi connectivity index (χ3n) is 4.29. The van der Waals surface area contributed by atoms with Gasteiger partial charge in [0.15, 0.2) is 23.5 Å². The molecule has 148 valence electrons. The fourth-order valence-corrected chi connectivity index (χ4v) is 2.95. The lowest BCUT2D eigenvalue weighted by Crippen LogP contribution is -2.24. The van der Waals surface area contributed by atoms with Gasteiger partial charge in [0.2, 0.25) is 5.78 Å². The number of aromatic nitrogens is 1. The monoisotopic (exact) mass is 387 g/mol. The summed E-state index contributed by atoms with van der Waals surface area (Å²) >= 11 is 0. The van der Waals surface area contributed by atoms with Gasteiger partial charge in [0.25, 0.3) is 0 Å². The van der Waals surface area contributed by atoms with Crippen molar-refractivity contribution < 1.29 is 28.2 Å². The number of H-pyrrole nitrogens is 1. The fraction of sp³-hybridized carbons (Fsp3) is 0.286. The van der Waals surface area contributed by atoms with Crippen LogP contribution in [0.5, 0.6) is 5.75 Å². The highest BCUT2D eigenvalue weighted by Crippen LogP contribution is 2.21. The van der Waals surface area contributed by atoms with Crippen LogP contribution in [0.1, 0.15) is 51.5 Å². The molecule has 0 amide bonds. The Morgan fingerprint density at radius 2 is 1.89 bits per heavy atom. The Balaban J connectivity index is 2.08. The zero-order chi connectivity index (χ0) is 21.0. The van der Waals surface area contributed by atoms with Crippen LogP contribution in [0, 0.1) is 19.7 Å². The SMILES string of the molecule is COc1ccc(/C=C/C(=O)O[C@@H](C)C(=O)c2[nH]c(C)c(C(C)=O)c2C)cc1F. The van der Waals surface area contributed by atoms with Crippen LogP contribution in [-0.4, -0.2) is 35.7 Å². The maximum absolute atomic E-state index is 13.7. The molecule has 0 unspecified atom stereocenters. The number of carbonyl (C=O) groups excluding carboxylic acids is 3. The van der Waals surface area contributed by atoms with Crippen LogP contribution in [0.4, 0.5) is 4.39 Å². The van der Waals surface area contributed by atoms with Gasteiger partial charge in [-0.05, 0) is 57.0 Å². The molecule has 0 bridgehead atoms. The van der Waals surface area contributed by atoms with Crippen LogP contribution in [0.3, 0.4) is 0 Å². The number of Topliss-reactive ketones (excluding diaryl/α,β-unsaturated/α-hetero) is 2. The smallest absolute Gasteiger partial charge is 0.331 e. The Bertz CT molecular complexity index is 958. The molecule has 2 rings (SSSR count). The summed E-state index contributed by atoms with van der Waals surface area (Å²) in [7, 11) is 1.36. The van der Waals surface area contributed by atoms with E-state index in [1.54, 1.807) is 19.9 Å². The molecule has 0 aliphatic heterocycles. The molecule has 0 fully saturated rings. The van der Waals surface area contributed by atoms with Gasteiger partial charge >= 0.3 is 5.97 Å². The fourth-order valence-electron chi connectivity index (χ4n) is 2.95. The quantitative estimate of drug-likeness (QED) is 0.444. The van der Waals surface area contributed by atoms with Gasteiger partial charge in [0, 0.05) is 17.3 Å². The van der Waals surface area contributed by atoms with Gasteiger partial charge in [-0.1, -0.05) is 6.07 Å². The molecule has 0 radical (unpaired) electrons. The predicted octanol–water partition coefficient (Wildman–Crippen LogP) is 3.81. The highest BCUT2D eigenvalue weighted by molar-refractivity contribution is 6.05. The first-order valence-electron chi connectivity index (χ1n) is 8.62. The Morgan fingerprint density at radius 1 is 1.21 bits per heavy atom. The number of nitrogens with one attached hydrogen (secondary N) is 1. The van der Waals surface area contributed by atoms with Gasteiger partial charge in [-0.2, -0.15) is 0 Å². The summed E-state index contributed by atoms with van der Waals surface area (Å²) in [6.07, 6.45) is 1.43. The topological polar surface area (TPSA) is 85.5 Å². The molecule has 1 heterocycles. The van der Waals surface area contributed by atoms with E-state index in [0.29, 0.717) is 22.4 Å². The summed E-state index contributed by atoms with van der Waals surface area (Å²) in [5, 5.41) is 0. The van der Waals surface area contributed by atoms with E-state index >= 15 is 0 Å². The molecule has 1 N–H and O–H groups in total. The normalized spacial score (nSPS) is 12.1. The molecule has 0 saturated heterocycles. The van der Waals surface area contributed by atoms with Crippen molar-refractivity contribution in [1.82, 2.24) is 4.98 Å². The molecule has 0 aliphatic carbocycles. The van der Waals surface area contributed by atoms with E-state index in [1.807, 2.05) is 0 Å². The van der Waals surface area contributed by atoms with Crippen LogP contribution in [0.25, 0.3) is 6.08 Å². The van der Waals surface area contributed by atoms with E-state index in [9.17, 15) is 18.8 Å². The van der Waals surface area contributed by atoms with Gasteiger partial charge in [-0.15, -0.1) is 0 Å². The number of halogens is 1. The first kappa shape index (κ1) is 21.1. The van der Waals surface area contributed by atoms with Crippen LogP contribution in [-0.2, 0) is 9.53 Å². The molecule has 1 aromatic heterocycles. The minimum Gasteiger partial charge on any atom is -0.494 e. The molecular formula is C21H22FNO5. The third-order valence-corrected chi connectivity index (χ3v) is 4.29. The van der Waals surface area contributed by atoms with Gasteiger partial charge in [0.1, 0.15) is 0 Å².